The molecule has 0 aliphatic carbocycles. The van der Waals surface area contributed by atoms with Crippen LogP contribution in [0.4, 0.5) is 17.6 Å². The third-order valence-electron chi connectivity index (χ3n) is 5.93. The molecule has 0 amide bonds. The van der Waals surface area contributed by atoms with Crippen molar-refractivity contribution in [3.63, 3.8) is 0 Å². The van der Waals surface area contributed by atoms with Crippen LogP contribution in [0.5, 0.6) is 23.0 Å². The van der Waals surface area contributed by atoms with Crippen LogP contribution in [0.3, 0.4) is 0 Å². The van der Waals surface area contributed by atoms with Crippen LogP contribution < -0.4 is 28.8 Å². The fourth-order valence-corrected chi connectivity index (χ4v) is 4.21. The maximum absolute atomic E-state index is 13.2. The topological polar surface area (TPSA) is 73.1 Å². The van der Waals surface area contributed by atoms with Crippen LogP contribution in [-0.2, 0) is 12.0 Å². The van der Waals surface area contributed by atoms with Crippen molar-refractivity contribution >= 4 is 28.7 Å². The third kappa shape index (κ3) is 6.92. The van der Waals surface area contributed by atoms with E-state index in [1.54, 1.807) is 24.5 Å². The van der Waals surface area contributed by atoms with Crippen molar-refractivity contribution in [1.29, 1.82) is 0 Å². The Balaban J connectivity index is 1.75. The van der Waals surface area contributed by atoms with Gasteiger partial charge in [-0.2, -0.15) is 22.1 Å². The lowest BCUT2D eigenvalue weighted by atomic mass is 9.88. The van der Waals surface area contributed by atoms with Gasteiger partial charge in [-0.05, 0) is 40.8 Å². The van der Waals surface area contributed by atoms with Gasteiger partial charge in [-0.1, -0.05) is 39.1 Å². The molecule has 12 heteroatoms. The normalized spacial score (nSPS) is 13.3. The van der Waals surface area contributed by atoms with Gasteiger partial charge in [0.25, 0.3) is 5.70 Å². The fourth-order valence-electron chi connectivity index (χ4n) is 3.94. The summed E-state index contributed by atoms with van der Waals surface area (Å²) in [4.78, 5) is 0.0691. The van der Waals surface area contributed by atoms with Crippen LogP contribution in [0.2, 0.25) is 0 Å². The first kappa shape index (κ1) is 28.9. The number of hydrogen-bond donors (Lipinski definition) is 2. The number of nitrogens with one attached hydrogen (secondary N) is 1. The van der Waals surface area contributed by atoms with Gasteiger partial charge in [-0.15, -0.1) is 0 Å². The van der Waals surface area contributed by atoms with E-state index in [4.69, 9.17) is 21.7 Å². The summed E-state index contributed by atoms with van der Waals surface area (Å²) in [5, 5.41) is 14.5. The molecule has 0 spiro atoms. The van der Waals surface area contributed by atoms with E-state index in [0.717, 1.165) is 29.3 Å². The summed E-state index contributed by atoms with van der Waals surface area (Å²) in [7, 11) is 0. The zero-order valence-corrected chi connectivity index (χ0v) is 22.6. The molecule has 0 bridgehead atoms. The van der Waals surface area contributed by atoms with E-state index >= 15 is 0 Å². The van der Waals surface area contributed by atoms with Crippen molar-refractivity contribution < 1.29 is 46.2 Å². The van der Waals surface area contributed by atoms with Crippen LogP contribution in [0, 0.1) is 0 Å². The van der Waals surface area contributed by atoms with Crippen molar-refractivity contribution in [2.24, 2.45) is 0 Å². The Morgan fingerprint density at radius 2 is 1.65 bits per heavy atom. The molecule has 0 saturated heterocycles. The summed E-state index contributed by atoms with van der Waals surface area (Å²) in [6.07, 6.45) is 3.34. The quantitative estimate of drug-likeness (QED) is 0.103. The minimum absolute atomic E-state index is 0.0397. The number of aliphatic hydroxyl groups is 1. The summed E-state index contributed by atoms with van der Waals surface area (Å²) < 4.78 is 73.0. The number of fused-ring (bicyclic) bond motifs is 1. The number of ether oxygens (including phenoxy) is 4. The zero-order valence-electron chi connectivity index (χ0n) is 21.8. The van der Waals surface area contributed by atoms with Crippen LogP contribution in [0.25, 0.3) is 11.5 Å². The lowest BCUT2D eigenvalue weighted by Crippen LogP contribution is -2.41. The molecule has 0 unspecified atom stereocenters. The number of rotatable bonds is 9. The maximum Gasteiger partial charge on any atom is 0.387 e. The van der Waals surface area contributed by atoms with Gasteiger partial charge < -0.3 is 29.4 Å². The Hall–Kier alpha value is -4.06. The second-order valence-corrected chi connectivity index (χ2v) is 10.1. The van der Waals surface area contributed by atoms with E-state index < -0.39 is 30.5 Å². The third-order valence-corrected chi connectivity index (χ3v) is 6.27. The maximum atomic E-state index is 13.2. The molecule has 7 nitrogen and oxygen atoms in total. The molecule has 3 aromatic rings. The van der Waals surface area contributed by atoms with Gasteiger partial charge in [-0.25, -0.2) is 0 Å². The van der Waals surface area contributed by atoms with E-state index in [1.807, 2.05) is 39.0 Å². The largest absolute Gasteiger partial charge is 0.502 e. The summed E-state index contributed by atoms with van der Waals surface area (Å²) in [6, 6.07) is 12.1. The number of alkyl halides is 4. The molecule has 2 N–H and O–H groups in total. The number of benzene rings is 2. The van der Waals surface area contributed by atoms with Crippen LogP contribution in [0.15, 0.2) is 60.9 Å². The van der Waals surface area contributed by atoms with E-state index in [0.29, 0.717) is 11.5 Å². The molecule has 1 aromatic heterocycles. The molecule has 0 atom stereocenters. The highest BCUT2D eigenvalue weighted by atomic mass is 32.1. The standard InChI is InChI=1S/C28H26F4N2O5S/c1-28(2,3)17-8-10-34(11-9-17)23(25(40)33-14-16-4-7-20-22(12-16)37-15-36-20)24(35)19-6-5-18(38-26(29)30)13-21(19)39-27(31)32/h4-13,26-27H,14-15H2,1-3H3,(H-,33,35,40)/p+1. The molecular weight excluding hydrogens is 552 g/mol. The van der Waals surface area contributed by atoms with Gasteiger partial charge in [0.05, 0.1) is 5.56 Å². The van der Waals surface area contributed by atoms with Crippen molar-refractivity contribution in [3.05, 3.63) is 77.6 Å². The lowest BCUT2D eigenvalue weighted by Gasteiger charge is -2.18. The van der Waals surface area contributed by atoms with Crippen molar-refractivity contribution in [2.45, 2.75) is 46.0 Å². The molecular formula is C28H27F4N2O5S+. The van der Waals surface area contributed by atoms with Gasteiger partial charge in [0, 0.05) is 24.7 Å². The summed E-state index contributed by atoms with van der Waals surface area (Å²) in [5.74, 6) is -0.334. The minimum Gasteiger partial charge on any atom is -0.502 e. The Bertz CT molecular complexity index is 1410. The second kappa shape index (κ2) is 12.0. The van der Waals surface area contributed by atoms with Crippen LogP contribution in [-0.4, -0.2) is 30.1 Å². The number of thiocarbonyl (C=S) groups is 1. The number of halogens is 4. The predicted octanol–water partition coefficient (Wildman–Crippen LogP) is 6.20. The average Bonchev–Trinajstić information content (AvgIpc) is 3.35. The molecule has 0 radical (unpaired) electrons. The first-order valence-corrected chi connectivity index (χ1v) is 12.5. The predicted molar refractivity (Wildman–Crippen MR) is 143 cm³/mol. The number of hydrogen-bond acceptors (Lipinski definition) is 6. The van der Waals surface area contributed by atoms with Crippen molar-refractivity contribution in [1.82, 2.24) is 5.32 Å². The first-order valence-electron chi connectivity index (χ1n) is 12.1. The van der Waals surface area contributed by atoms with Gasteiger partial charge in [0.15, 0.2) is 28.9 Å². The van der Waals surface area contributed by atoms with Crippen LogP contribution in [0.1, 0.15) is 37.5 Å². The Morgan fingerprint density at radius 1 is 0.975 bits per heavy atom. The summed E-state index contributed by atoms with van der Waals surface area (Å²) in [6.45, 7) is -0.0210. The molecule has 2 aromatic carbocycles. The molecule has 212 valence electrons. The summed E-state index contributed by atoms with van der Waals surface area (Å²) >= 11 is 5.63. The van der Waals surface area contributed by atoms with Crippen molar-refractivity contribution in [3.8, 4) is 23.0 Å². The molecule has 4 rings (SSSR count). The Labute approximate surface area is 233 Å². The molecule has 0 saturated carbocycles. The smallest absolute Gasteiger partial charge is 0.387 e. The lowest BCUT2D eigenvalue weighted by molar-refractivity contribution is -0.576. The Morgan fingerprint density at radius 3 is 2.30 bits per heavy atom. The number of aromatic nitrogens is 1. The average molecular weight is 580 g/mol. The van der Waals surface area contributed by atoms with Crippen molar-refractivity contribution in [2.75, 3.05) is 6.79 Å². The van der Waals surface area contributed by atoms with Gasteiger partial charge in [-0.3, -0.25) is 0 Å². The highest BCUT2D eigenvalue weighted by Gasteiger charge is 2.28. The van der Waals surface area contributed by atoms with E-state index in [-0.39, 0.29) is 35.0 Å². The monoisotopic (exact) mass is 579 g/mol. The highest BCUT2D eigenvalue weighted by Crippen LogP contribution is 2.34. The molecule has 0 fully saturated rings. The van der Waals surface area contributed by atoms with Gasteiger partial charge >= 0.3 is 13.2 Å². The first-order chi connectivity index (χ1) is 18.9. The zero-order chi connectivity index (χ0) is 29.0. The van der Waals surface area contributed by atoms with Gasteiger partial charge in [0.1, 0.15) is 11.5 Å². The minimum atomic E-state index is -3.30. The molecule has 40 heavy (non-hydrogen) atoms. The number of aliphatic hydroxyl groups excluding tert-OH is 1. The molecule has 1 aliphatic heterocycles. The molecule has 1 aliphatic rings. The Kier molecular flexibility index (Phi) is 8.67. The van der Waals surface area contributed by atoms with Gasteiger partial charge in [0.2, 0.25) is 12.6 Å². The fraction of sp³-hybridized carbons (Fsp3) is 0.286. The summed E-state index contributed by atoms with van der Waals surface area (Å²) in [5.41, 5.74) is 1.46. The highest BCUT2D eigenvalue weighted by molar-refractivity contribution is 7.81. The van der Waals surface area contributed by atoms with Crippen LogP contribution >= 0.6 is 12.2 Å². The number of nitrogens with zero attached hydrogens (tertiary/aromatic N) is 1. The number of pyridine rings is 1. The molecule has 2 heterocycles. The van der Waals surface area contributed by atoms with E-state index in [9.17, 15) is 22.7 Å². The van der Waals surface area contributed by atoms with E-state index in [1.165, 1.54) is 4.57 Å². The second-order valence-electron chi connectivity index (χ2n) is 9.73. The van der Waals surface area contributed by atoms with E-state index in [2.05, 4.69) is 14.8 Å². The SMILES string of the molecule is CC(C)(C)c1cc[n+](C(C(=S)NCc2ccc3c(c2)OCO3)=C(O)c2ccc(OC(F)F)cc2OC(F)F)cc1.